The molecule has 32 heavy (non-hydrogen) atoms. The van der Waals surface area contributed by atoms with Gasteiger partial charge in [0.1, 0.15) is 0 Å². The van der Waals surface area contributed by atoms with E-state index in [0.717, 1.165) is 4.90 Å². The second kappa shape index (κ2) is 11.2. The van der Waals surface area contributed by atoms with Crippen LogP contribution >= 0.6 is 0 Å². The van der Waals surface area contributed by atoms with Crippen LogP contribution in [0.5, 0.6) is 0 Å². The average Bonchev–Trinajstić information content (AvgIpc) is 2.86. The van der Waals surface area contributed by atoms with Crippen LogP contribution in [0.15, 0.2) is 95.9 Å². The molecule has 0 aliphatic carbocycles. The Morgan fingerprint density at radius 3 is 2.03 bits per heavy atom. The molecular weight excluding hydrogens is 418 g/mol. The van der Waals surface area contributed by atoms with Crippen LogP contribution in [0.25, 0.3) is 0 Å². The summed E-state index contributed by atoms with van der Waals surface area (Å²) in [6, 6.07) is 29.9. The second-order valence-corrected chi connectivity index (χ2v) is 9.53. The van der Waals surface area contributed by atoms with Gasteiger partial charge in [-0.15, -0.1) is 4.72 Å². The number of carbonyl (C=O) groups excluding carboxylic acids is 1. The molecule has 1 saturated heterocycles. The van der Waals surface area contributed by atoms with E-state index in [9.17, 15) is 9.00 Å². The Hall–Kier alpha value is -2.80. The first-order chi connectivity index (χ1) is 15.7. The third-order valence-corrected chi connectivity index (χ3v) is 7.26. The zero-order valence-corrected chi connectivity index (χ0v) is 18.9. The highest BCUT2D eigenvalue weighted by atomic mass is 32.2. The van der Waals surface area contributed by atoms with E-state index in [2.05, 4.69) is 39.6 Å². The summed E-state index contributed by atoms with van der Waals surface area (Å²) in [4.78, 5) is 13.8. The molecule has 3 aromatic rings. The number of nitrogens with one attached hydrogen (secondary N) is 3. The standard InChI is InChI=1S/C26H29N3O2S/c30-26(22-16-23(18-27-17-22)29-32(31)24-14-8-3-9-15-24)28-19-25(20-10-4-1-5-11-20)21-12-6-2-7-13-21/h1-15,22-23,25,27H,16-19H2,(H,28,30)(H,29,31)/p+1. The van der Waals surface area contributed by atoms with Gasteiger partial charge >= 0.3 is 0 Å². The van der Waals surface area contributed by atoms with Crippen LogP contribution in [0.2, 0.25) is 0 Å². The van der Waals surface area contributed by atoms with Gasteiger partial charge in [-0.2, -0.15) is 0 Å². The van der Waals surface area contributed by atoms with Crippen molar-refractivity contribution >= 4 is 16.9 Å². The zero-order chi connectivity index (χ0) is 22.2. The molecule has 0 aromatic heterocycles. The third kappa shape index (κ3) is 5.91. The maximum Gasteiger partial charge on any atom is 0.224 e. The molecule has 3 aromatic carbocycles. The Labute approximate surface area is 192 Å². The molecule has 6 heteroatoms. The van der Waals surface area contributed by atoms with E-state index >= 15 is 0 Å². The van der Waals surface area contributed by atoms with Crippen molar-refractivity contribution in [2.24, 2.45) is 5.92 Å². The van der Waals surface area contributed by atoms with Gasteiger partial charge in [-0.05, 0) is 29.7 Å². The van der Waals surface area contributed by atoms with Gasteiger partial charge in [0, 0.05) is 25.6 Å². The number of hydrogen-bond acceptors (Lipinski definition) is 3. The molecule has 5 nitrogen and oxygen atoms in total. The van der Waals surface area contributed by atoms with E-state index in [1.165, 1.54) is 11.1 Å². The van der Waals surface area contributed by atoms with Gasteiger partial charge in [-0.1, -0.05) is 83.1 Å². The molecule has 4 rings (SSSR count). The molecular formula is C26H30N3O2S+. The summed E-state index contributed by atoms with van der Waals surface area (Å²) in [5.74, 6) is -0.0252. The van der Waals surface area contributed by atoms with Crippen LogP contribution in [0.4, 0.5) is 0 Å². The minimum Gasteiger partial charge on any atom is -0.355 e. The van der Waals surface area contributed by atoms with Crippen LogP contribution < -0.4 is 15.4 Å². The monoisotopic (exact) mass is 448 g/mol. The summed E-state index contributed by atoms with van der Waals surface area (Å²) >= 11 is 0. The highest BCUT2D eigenvalue weighted by Gasteiger charge is 2.30. The number of rotatable bonds is 8. The molecule has 1 fully saturated rings. The molecule has 1 heterocycles. The molecule has 1 aliphatic heterocycles. The fourth-order valence-corrected chi connectivity index (χ4v) is 5.31. The van der Waals surface area contributed by atoms with E-state index in [1.54, 1.807) is 0 Å². The van der Waals surface area contributed by atoms with Gasteiger partial charge in [0.15, 0.2) is 15.9 Å². The smallest absolute Gasteiger partial charge is 0.224 e. The highest BCUT2D eigenvalue weighted by molar-refractivity contribution is 7.83. The molecule has 1 aliphatic rings. The van der Waals surface area contributed by atoms with Crippen molar-refractivity contribution in [3.05, 3.63) is 102 Å². The first-order valence-corrected chi connectivity index (χ1v) is 12.3. The van der Waals surface area contributed by atoms with E-state index in [4.69, 9.17) is 0 Å². The molecule has 3 atom stereocenters. The predicted octanol–water partition coefficient (Wildman–Crippen LogP) is 3.17. The summed E-state index contributed by atoms with van der Waals surface area (Å²) in [5, 5.41) is 6.50. The first kappa shape index (κ1) is 22.4. The normalized spacial score (nSPS) is 19.4. The quantitative estimate of drug-likeness (QED) is 0.366. The fraction of sp³-hybridized carbons (Fsp3) is 0.269. The van der Waals surface area contributed by atoms with Crippen LogP contribution in [0.3, 0.4) is 0 Å². The molecule has 166 valence electrons. The predicted molar refractivity (Wildman–Crippen MR) is 130 cm³/mol. The van der Waals surface area contributed by atoms with Crippen molar-refractivity contribution in [1.29, 1.82) is 0 Å². The number of carbonyl (C=O) groups is 1. The molecule has 3 unspecified atom stereocenters. The first-order valence-electron chi connectivity index (χ1n) is 11.1. The van der Waals surface area contributed by atoms with Crippen molar-refractivity contribution in [3.63, 3.8) is 0 Å². The molecule has 0 saturated carbocycles. The minimum atomic E-state index is -1.69. The summed E-state index contributed by atoms with van der Waals surface area (Å²) in [6.45, 7) is 1.88. The lowest BCUT2D eigenvalue weighted by molar-refractivity contribution is -0.125. The van der Waals surface area contributed by atoms with Crippen molar-refractivity contribution in [3.8, 4) is 0 Å². The molecule has 0 radical (unpaired) electrons. The summed E-state index contributed by atoms with van der Waals surface area (Å²) in [5.41, 5.74) is 2.36. The summed E-state index contributed by atoms with van der Waals surface area (Å²) < 4.78 is 15.8. The number of hydrogen-bond donors (Lipinski definition) is 3. The summed E-state index contributed by atoms with van der Waals surface area (Å²) in [6.07, 6.45) is 0.661. The number of thiol groups is 1. The average molecular weight is 449 g/mol. The van der Waals surface area contributed by atoms with Crippen molar-refractivity contribution in [1.82, 2.24) is 15.4 Å². The molecule has 1 amide bonds. The lowest BCUT2D eigenvalue weighted by Crippen LogP contribution is -2.51. The Balaban J connectivity index is 1.36. The molecule has 3 N–H and O–H groups in total. The van der Waals surface area contributed by atoms with Crippen molar-refractivity contribution < 1.29 is 9.00 Å². The maximum absolute atomic E-state index is 13.0. The zero-order valence-electron chi connectivity index (χ0n) is 18.0. The second-order valence-electron chi connectivity index (χ2n) is 8.17. The largest absolute Gasteiger partial charge is 0.355 e. The summed E-state index contributed by atoms with van der Waals surface area (Å²) in [7, 11) is -1.69. The Bertz CT molecular complexity index is 976. The van der Waals surface area contributed by atoms with Crippen molar-refractivity contribution in [2.45, 2.75) is 23.3 Å². The number of piperidine rings is 1. The van der Waals surface area contributed by atoms with E-state index in [0.29, 0.717) is 26.1 Å². The highest BCUT2D eigenvalue weighted by Crippen LogP contribution is 2.24. The lowest BCUT2D eigenvalue weighted by Gasteiger charge is -2.28. The molecule has 0 spiro atoms. The maximum atomic E-state index is 13.0. The Kier molecular flexibility index (Phi) is 7.82. The van der Waals surface area contributed by atoms with E-state index < -0.39 is 11.0 Å². The topological polar surface area (TPSA) is 70.2 Å². The SMILES string of the molecule is O=C(NCC(c1ccccc1)c1ccccc1)C1CNCC(N[SH+](=O)c2ccccc2)C1. The van der Waals surface area contributed by atoms with Gasteiger partial charge in [0.05, 0.1) is 12.0 Å². The van der Waals surface area contributed by atoms with E-state index in [-0.39, 0.29) is 23.8 Å². The molecule has 0 bridgehead atoms. The Morgan fingerprint density at radius 2 is 1.44 bits per heavy atom. The van der Waals surface area contributed by atoms with Gasteiger partial charge < -0.3 is 10.6 Å². The minimum absolute atomic E-state index is 0.0117. The van der Waals surface area contributed by atoms with Crippen LogP contribution in [-0.4, -0.2) is 31.6 Å². The van der Waals surface area contributed by atoms with Crippen LogP contribution in [-0.2, 0) is 20.0 Å². The Morgan fingerprint density at radius 1 is 0.875 bits per heavy atom. The number of benzene rings is 3. The lowest BCUT2D eigenvalue weighted by atomic mass is 9.90. The number of amides is 1. The third-order valence-electron chi connectivity index (χ3n) is 5.90. The van der Waals surface area contributed by atoms with Gasteiger partial charge in [-0.25, -0.2) is 0 Å². The van der Waals surface area contributed by atoms with Gasteiger partial charge in [0.2, 0.25) is 5.91 Å². The van der Waals surface area contributed by atoms with Crippen LogP contribution in [0, 0.1) is 5.92 Å². The van der Waals surface area contributed by atoms with E-state index in [1.807, 2.05) is 66.7 Å². The van der Waals surface area contributed by atoms with Gasteiger partial charge in [-0.3, -0.25) is 4.79 Å². The van der Waals surface area contributed by atoms with Crippen LogP contribution in [0.1, 0.15) is 23.5 Å². The van der Waals surface area contributed by atoms with Gasteiger partial charge in [0.25, 0.3) is 0 Å². The fourth-order valence-electron chi connectivity index (χ4n) is 4.19. The van der Waals surface area contributed by atoms with Crippen molar-refractivity contribution in [2.75, 3.05) is 19.6 Å².